The molecule has 0 aliphatic carbocycles. The predicted molar refractivity (Wildman–Crippen MR) is 123 cm³/mol. The number of hydrogen-bond donors (Lipinski definition) is 0. The van der Waals surface area contributed by atoms with Gasteiger partial charge in [0.05, 0.1) is 7.11 Å². The van der Waals surface area contributed by atoms with Gasteiger partial charge in [0.1, 0.15) is 6.04 Å². The van der Waals surface area contributed by atoms with Crippen molar-refractivity contribution in [1.29, 1.82) is 0 Å². The van der Waals surface area contributed by atoms with E-state index in [1.54, 1.807) is 11.0 Å². The predicted octanol–water partition coefficient (Wildman–Crippen LogP) is 4.82. The van der Waals surface area contributed by atoms with Gasteiger partial charge < -0.3 is 9.64 Å². The molecule has 0 saturated carbocycles. The molecule has 0 saturated heterocycles. The fourth-order valence-corrected chi connectivity index (χ4v) is 3.36. The summed E-state index contributed by atoms with van der Waals surface area (Å²) >= 11 is 0. The molecule has 1 amide bonds. The van der Waals surface area contributed by atoms with Crippen molar-refractivity contribution in [3.8, 4) is 0 Å². The molecule has 1 atom stereocenters. The van der Waals surface area contributed by atoms with Crippen LogP contribution in [-0.2, 0) is 27.3 Å². The SMILES string of the molecule is COC(=O)C(Cc1ccccc1)N(Cc1ccccc1)C(=O)C=Cc1ccc(C)cc1. The second-order valence-electron chi connectivity index (χ2n) is 7.42. The van der Waals surface area contributed by atoms with E-state index in [9.17, 15) is 9.59 Å². The van der Waals surface area contributed by atoms with Crippen LogP contribution >= 0.6 is 0 Å². The van der Waals surface area contributed by atoms with Gasteiger partial charge in [0.15, 0.2) is 0 Å². The van der Waals surface area contributed by atoms with Crippen molar-refractivity contribution in [2.24, 2.45) is 0 Å². The Balaban J connectivity index is 1.91. The monoisotopic (exact) mass is 413 g/mol. The molecule has 4 nitrogen and oxygen atoms in total. The van der Waals surface area contributed by atoms with Crippen molar-refractivity contribution in [2.45, 2.75) is 25.9 Å². The Kier molecular flexibility index (Phi) is 7.77. The van der Waals surface area contributed by atoms with Crippen LogP contribution in [0.4, 0.5) is 0 Å². The maximum absolute atomic E-state index is 13.3. The summed E-state index contributed by atoms with van der Waals surface area (Å²) in [4.78, 5) is 27.6. The van der Waals surface area contributed by atoms with Gasteiger partial charge in [0.2, 0.25) is 5.91 Å². The van der Waals surface area contributed by atoms with Crippen molar-refractivity contribution in [3.05, 3.63) is 113 Å². The number of nitrogens with zero attached hydrogens (tertiary/aromatic N) is 1. The van der Waals surface area contributed by atoms with Crippen LogP contribution in [0, 0.1) is 6.92 Å². The number of amides is 1. The van der Waals surface area contributed by atoms with Gasteiger partial charge in [0, 0.05) is 19.0 Å². The van der Waals surface area contributed by atoms with Gasteiger partial charge in [-0.2, -0.15) is 0 Å². The number of carbonyl (C=O) groups is 2. The lowest BCUT2D eigenvalue weighted by Gasteiger charge is -2.29. The Morgan fingerprint density at radius 3 is 2.03 bits per heavy atom. The first-order chi connectivity index (χ1) is 15.1. The standard InChI is InChI=1S/C27H27NO3/c1-21-13-15-22(16-14-21)17-18-26(29)28(20-24-11-7-4-8-12-24)25(27(30)31-2)19-23-9-5-3-6-10-23/h3-18,25H,19-20H2,1-2H3. The second kappa shape index (κ2) is 10.9. The molecule has 3 aromatic rings. The molecule has 0 N–H and O–H groups in total. The molecule has 3 aromatic carbocycles. The lowest BCUT2D eigenvalue weighted by molar-refractivity contribution is -0.151. The average Bonchev–Trinajstić information content (AvgIpc) is 2.81. The number of benzene rings is 3. The molecule has 0 aromatic heterocycles. The minimum atomic E-state index is -0.734. The normalized spacial score (nSPS) is 11.8. The summed E-state index contributed by atoms with van der Waals surface area (Å²) < 4.78 is 5.07. The van der Waals surface area contributed by atoms with E-state index in [0.717, 1.165) is 22.3 Å². The molecule has 0 heterocycles. The summed E-state index contributed by atoms with van der Waals surface area (Å²) in [6.07, 6.45) is 3.68. The maximum Gasteiger partial charge on any atom is 0.328 e. The van der Waals surface area contributed by atoms with E-state index >= 15 is 0 Å². The van der Waals surface area contributed by atoms with E-state index < -0.39 is 12.0 Å². The lowest BCUT2D eigenvalue weighted by atomic mass is 10.0. The first-order valence-corrected chi connectivity index (χ1v) is 10.3. The highest BCUT2D eigenvalue weighted by molar-refractivity contribution is 5.94. The molecule has 0 aliphatic heterocycles. The van der Waals surface area contributed by atoms with Crippen LogP contribution in [0.2, 0.25) is 0 Å². The van der Waals surface area contributed by atoms with E-state index in [4.69, 9.17) is 4.74 Å². The van der Waals surface area contributed by atoms with Crippen LogP contribution in [0.25, 0.3) is 6.08 Å². The summed E-state index contributed by atoms with van der Waals surface area (Å²) in [6.45, 7) is 2.33. The third kappa shape index (κ3) is 6.41. The summed E-state index contributed by atoms with van der Waals surface area (Å²) in [6, 6.07) is 26.5. The van der Waals surface area contributed by atoms with Crippen LogP contribution in [0.3, 0.4) is 0 Å². The molecule has 4 heteroatoms. The maximum atomic E-state index is 13.3. The number of methoxy groups -OCH3 is 1. The Morgan fingerprint density at radius 1 is 0.871 bits per heavy atom. The first-order valence-electron chi connectivity index (χ1n) is 10.3. The van der Waals surface area contributed by atoms with Crippen LogP contribution in [0.15, 0.2) is 91.0 Å². The third-order valence-corrected chi connectivity index (χ3v) is 5.10. The quantitative estimate of drug-likeness (QED) is 0.393. The molecule has 0 fully saturated rings. The van der Waals surface area contributed by atoms with Gasteiger partial charge in [0.25, 0.3) is 0 Å². The average molecular weight is 414 g/mol. The Labute approximate surface area is 183 Å². The highest BCUT2D eigenvalue weighted by Gasteiger charge is 2.30. The minimum absolute atomic E-state index is 0.240. The third-order valence-electron chi connectivity index (χ3n) is 5.10. The van der Waals surface area contributed by atoms with E-state index in [1.165, 1.54) is 13.2 Å². The van der Waals surface area contributed by atoms with Gasteiger partial charge in [-0.25, -0.2) is 4.79 Å². The van der Waals surface area contributed by atoms with E-state index in [1.807, 2.05) is 91.9 Å². The van der Waals surface area contributed by atoms with E-state index in [0.29, 0.717) is 13.0 Å². The van der Waals surface area contributed by atoms with Gasteiger partial charge >= 0.3 is 5.97 Å². The van der Waals surface area contributed by atoms with Crippen molar-refractivity contribution in [1.82, 2.24) is 4.90 Å². The Morgan fingerprint density at radius 2 is 1.45 bits per heavy atom. The number of carbonyl (C=O) groups excluding carboxylic acids is 2. The van der Waals surface area contributed by atoms with Gasteiger partial charge in [-0.15, -0.1) is 0 Å². The van der Waals surface area contributed by atoms with E-state index in [-0.39, 0.29) is 5.91 Å². The minimum Gasteiger partial charge on any atom is -0.467 e. The van der Waals surface area contributed by atoms with Crippen molar-refractivity contribution < 1.29 is 14.3 Å². The Hall–Kier alpha value is -3.66. The fourth-order valence-electron chi connectivity index (χ4n) is 3.36. The molecular formula is C27H27NO3. The van der Waals surface area contributed by atoms with Crippen molar-refractivity contribution in [2.75, 3.05) is 7.11 Å². The number of hydrogen-bond acceptors (Lipinski definition) is 3. The van der Waals surface area contributed by atoms with Crippen molar-refractivity contribution in [3.63, 3.8) is 0 Å². The Bertz CT molecular complexity index is 1010. The smallest absolute Gasteiger partial charge is 0.328 e. The molecule has 1 unspecified atom stereocenters. The summed E-state index contributed by atoms with van der Waals surface area (Å²) in [5.74, 6) is -0.673. The summed E-state index contributed by atoms with van der Waals surface area (Å²) in [5.41, 5.74) is 3.99. The number of aryl methyl sites for hydroxylation is 1. The van der Waals surface area contributed by atoms with Crippen LogP contribution in [-0.4, -0.2) is 29.9 Å². The zero-order valence-electron chi connectivity index (χ0n) is 17.9. The lowest BCUT2D eigenvalue weighted by Crippen LogP contribution is -2.46. The molecule has 31 heavy (non-hydrogen) atoms. The highest BCUT2D eigenvalue weighted by atomic mass is 16.5. The number of ether oxygens (including phenoxy) is 1. The number of esters is 1. The molecule has 158 valence electrons. The zero-order chi connectivity index (χ0) is 22.1. The van der Waals surface area contributed by atoms with Crippen LogP contribution in [0.5, 0.6) is 0 Å². The summed E-state index contributed by atoms with van der Waals surface area (Å²) in [7, 11) is 1.35. The van der Waals surface area contributed by atoms with Gasteiger partial charge in [-0.05, 0) is 29.7 Å². The number of rotatable bonds is 8. The fraction of sp³-hybridized carbons (Fsp3) is 0.185. The van der Waals surface area contributed by atoms with Gasteiger partial charge in [-0.3, -0.25) is 4.79 Å². The van der Waals surface area contributed by atoms with Gasteiger partial charge in [-0.1, -0.05) is 90.5 Å². The molecule has 0 aliphatic rings. The van der Waals surface area contributed by atoms with Crippen LogP contribution < -0.4 is 0 Å². The molecule has 0 spiro atoms. The molecular weight excluding hydrogens is 386 g/mol. The largest absolute Gasteiger partial charge is 0.467 e. The second-order valence-corrected chi connectivity index (χ2v) is 7.42. The summed E-state index contributed by atoms with van der Waals surface area (Å²) in [5, 5.41) is 0. The van der Waals surface area contributed by atoms with Crippen LogP contribution in [0.1, 0.15) is 22.3 Å². The van der Waals surface area contributed by atoms with E-state index in [2.05, 4.69) is 0 Å². The molecule has 3 rings (SSSR count). The molecule has 0 bridgehead atoms. The highest BCUT2D eigenvalue weighted by Crippen LogP contribution is 2.16. The zero-order valence-corrected chi connectivity index (χ0v) is 17.9. The van der Waals surface area contributed by atoms with Crippen molar-refractivity contribution >= 4 is 18.0 Å². The topological polar surface area (TPSA) is 46.6 Å². The molecule has 0 radical (unpaired) electrons. The first kappa shape index (κ1) is 22.0.